The molecule has 1 aromatic carbocycles. The molecule has 0 spiro atoms. The molecule has 7 heteroatoms. The van der Waals surface area contributed by atoms with Crippen molar-refractivity contribution in [3.8, 4) is 0 Å². The van der Waals surface area contributed by atoms with Gasteiger partial charge in [0, 0.05) is 18.7 Å². The number of nitrogens with one attached hydrogen (secondary N) is 1. The van der Waals surface area contributed by atoms with Crippen LogP contribution < -0.4 is 9.86 Å². The molecule has 1 rings (SSSR count). The SMILES string of the molecule is CCN(CC)C(=O)c1cccc(NS(N)(=O)=O)c1. The van der Waals surface area contributed by atoms with Gasteiger partial charge in [-0.15, -0.1) is 0 Å². The molecular formula is C11H17N3O3S. The van der Waals surface area contributed by atoms with Crippen LogP contribution in [0.15, 0.2) is 24.3 Å². The zero-order chi connectivity index (χ0) is 13.8. The first-order valence-corrected chi connectivity index (χ1v) is 7.12. The van der Waals surface area contributed by atoms with E-state index in [9.17, 15) is 13.2 Å². The van der Waals surface area contributed by atoms with Crippen LogP contribution in [-0.4, -0.2) is 32.3 Å². The molecule has 0 aliphatic rings. The quantitative estimate of drug-likeness (QED) is 0.829. The highest BCUT2D eigenvalue weighted by Gasteiger charge is 2.13. The Morgan fingerprint density at radius 3 is 2.44 bits per heavy atom. The van der Waals surface area contributed by atoms with Gasteiger partial charge in [-0.2, -0.15) is 8.42 Å². The van der Waals surface area contributed by atoms with Crippen molar-refractivity contribution in [1.82, 2.24) is 4.90 Å². The Hall–Kier alpha value is -1.60. The van der Waals surface area contributed by atoms with Gasteiger partial charge in [0.15, 0.2) is 0 Å². The lowest BCUT2D eigenvalue weighted by atomic mass is 10.2. The normalized spacial score (nSPS) is 11.1. The Kier molecular flexibility index (Phi) is 4.69. The van der Waals surface area contributed by atoms with Crippen LogP contribution in [0.5, 0.6) is 0 Å². The lowest BCUT2D eigenvalue weighted by Gasteiger charge is -2.18. The van der Waals surface area contributed by atoms with E-state index >= 15 is 0 Å². The minimum absolute atomic E-state index is 0.141. The highest BCUT2D eigenvalue weighted by Crippen LogP contribution is 2.13. The van der Waals surface area contributed by atoms with Crippen molar-refractivity contribution in [3.63, 3.8) is 0 Å². The molecule has 1 amide bonds. The summed E-state index contributed by atoms with van der Waals surface area (Å²) in [5, 5.41) is 4.87. The molecule has 0 radical (unpaired) electrons. The molecule has 6 nitrogen and oxygen atoms in total. The van der Waals surface area contributed by atoms with Crippen LogP contribution >= 0.6 is 0 Å². The summed E-state index contributed by atoms with van der Waals surface area (Å²) in [6, 6.07) is 6.23. The van der Waals surface area contributed by atoms with Crippen molar-refractivity contribution in [2.24, 2.45) is 5.14 Å². The molecule has 0 aromatic heterocycles. The van der Waals surface area contributed by atoms with Crippen molar-refractivity contribution in [3.05, 3.63) is 29.8 Å². The van der Waals surface area contributed by atoms with Crippen LogP contribution in [-0.2, 0) is 10.2 Å². The molecule has 0 unspecified atom stereocenters. The number of amides is 1. The monoisotopic (exact) mass is 271 g/mol. The van der Waals surface area contributed by atoms with E-state index in [0.29, 0.717) is 18.7 Å². The zero-order valence-corrected chi connectivity index (χ0v) is 11.2. The van der Waals surface area contributed by atoms with Crippen LogP contribution in [0.25, 0.3) is 0 Å². The number of hydrogen-bond acceptors (Lipinski definition) is 3. The van der Waals surface area contributed by atoms with Crippen molar-refractivity contribution in [2.75, 3.05) is 17.8 Å². The predicted octanol–water partition coefficient (Wildman–Crippen LogP) is 0.784. The van der Waals surface area contributed by atoms with E-state index in [-0.39, 0.29) is 11.6 Å². The smallest absolute Gasteiger partial charge is 0.296 e. The van der Waals surface area contributed by atoms with Crippen LogP contribution in [0.1, 0.15) is 24.2 Å². The Labute approximate surface area is 107 Å². The van der Waals surface area contributed by atoms with Gasteiger partial charge in [0.25, 0.3) is 16.1 Å². The zero-order valence-electron chi connectivity index (χ0n) is 10.4. The lowest BCUT2D eigenvalue weighted by Crippen LogP contribution is -2.30. The lowest BCUT2D eigenvalue weighted by molar-refractivity contribution is 0.0773. The van der Waals surface area contributed by atoms with E-state index in [2.05, 4.69) is 4.72 Å². The van der Waals surface area contributed by atoms with Crippen LogP contribution in [0, 0.1) is 0 Å². The van der Waals surface area contributed by atoms with E-state index in [4.69, 9.17) is 5.14 Å². The number of nitrogens with zero attached hydrogens (tertiary/aromatic N) is 1. The molecule has 0 atom stereocenters. The van der Waals surface area contributed by atoms with Crippen molar-refractivity contribution < 1.29 is 13.2 Å². The van der Waals surface area contributed by atoms with Crippen LogP contribution in [0.3, 0.4) is 0 Å². The molecule has 100 valence electrons. The standard InChI is InChI=1S/C11H17N3O3S/c1-3-14(4-2)11(15)9-6-5-7-10(8-9)13-18(12,16)17/h5-8,13H,3-4H2,1-2H3,(H2,12,16,17). The third-order valence-corrected chi connectivity index (χ3v) is 2.94. The molecular weight excluding hydrogens is 254 g/mol. The van der Waals surface area contributed by atoms with Crippen LogP contribution in [0.4, 0.5) is 5.69 Å². The molecule has 0 saturated carbocycles. The maximum atomic E-state index is 12.0. The first kappa shape index (κ1) is 14.5. The van der Waals surface area contributed by atoms with Gasteiger partial charge in [-0.25, -0.2) is 5.14 Å². The van der Waals surface area contributed by atoms with Gasteiger partial charge < -0.3 is 4.90 Å². The van der Waals surface area contributed by atoms with E-state index in [1.54, 1.807) is 17.0 Å². The summed E-state index contributed by atoms with van der Waals surface area (Å²) in [4.78, 5) is 13.7. The van der Waals surface area contributed by atoms with Gasteiger partial charge in [-0.05, 0) is 32.0 Å². The summed E-state index contributed by atoms with van der Waals surface area (Å²) in [5.74, 6) is -0.141. The van der Waals surface area contributed by atoms with Gasteiger partial charge in [0.2, 0.25) is 0 Å². The molecule has 3 N–H and O–H groups in total. The second kappa shape index (κ2) is 5.83. The molecule has 0 aliphatic heterocycles. The maximum absolute atomic E-state index is 12.0. The van der Waals surface area contributed by atoms with E-state index in [1.807, 2.05) is 13.8 Å². The highest BCUT2D eigenvalue weighted by molar-refractivity contribution is 7.90. The average Bonchev–Trinajstić information content (AvgIpc) is 2.28. The Morgan fingerprint density at radius 1 is 1.33 bits per heavy atom. The molecule has 0 aliphatic carbocycles. The highest BCUT2D eigenvalue weighted by atomic mass is 32.2. The molecule has 0 heterocycles. The van der Waals surface area contributed by atoms with Gasteiger partial charge in [0.05, 0.1) is 5.69 Å². The van der Waals surface area contributed by atoms with Crippen molar-refractivity contribution >= 4 is 21.8 Å². The fourth-order valence-corrected chi connectivity index (χ4v) is 2.03. The third kappa shape index (κ3) is 4.01. The first-order chi connectivity index (χ1) is 8.37. The summed E-state index contributed by atoms with van der Waals surface area (Å²) in [7, 11) is -3.83. The molecule has 0 bridgehead atoms. The Morgan fingerprint density at radius 2 is 1.94 bits per heavy atom. The number of anilines is 1. The second-order valence-corrected chi connectivity index (χ2v) is 5.00. The molecule has 1 aromatic rings. The van der Waals surface area contributed by atoms with Gasteiger partial charge in [-0.3, -0.25) is 9.52 Å². The number of benzene rings is 1. The van der Waals surface area contributed by atoms with Crippen molar-refractivity contribution in [2.45, 2.75) is 13.8 Å². The number of hydrogen-bond donors (Lipinski definition) is 2. The Bertz CT molecular complexity index is 524. The van der Waals surface area contributed by atoms with Crippen molar-refractivity contribution in [1.29, 1.82) is 0 Å². The molecule has 18 heavy (non-hydrogen) atoms. The maximum Gasteiger partial charge on any atom is 0.296 e. The minimum Gasteiger partial charge on any atom is -0.339 e. The van der Waals surface area contributed by atoms with Crippen LogP contribution in [0.2, 0.25) is 0 Å². The largest absolute Gasteiger partial charge is 0.339 e. The Balaban J connectivity index is 2.98. The average molecular weight is 271 g/mol. The summed E-state index contributed by atoms with van der Waals surface area (Å²) in [6.45, 7) is 4.96. The first-order valence-electron chi connectivity index (χ1n) is 5.57. The number of rotatable bonds is 5. The number of carbonyl (C=O) groups is 1. The third-order valence-electron chi connectivity index (χ3n) is 2.42. The summed E-state index contributed by atoms with van der Waals surface area (Å²) < 4.78 is 23.9. The minimum atomic E-state index is -3.83. The van der Waals surface area contributed by atoms with E-state index < -0.39 is 10.2 Å². The molecule has 0 fully saturated rings. The predicted molar refractivity (Wildman–Crippen MR) is 70.4 cm³/mol. The summed E-state index contributed by atoms with van der Waals surface area (Å²) in [6.07, 6.45) is 0. The van der Waals surface area contributed by atoms with E-state index in [0.717, 1.165) is 0 Å². The molecule has 0 saturated heterocycles. The number of nitrogens with two attached hydrogens (primary N) is 1. The van der Waals surface area contributed by atoms with Gasteiger partial charge in [-0.1, -0.05) is 6.07 Å². The second-order valence-electron chi connectivity index (χ2n) is 3.71. The summed E-state index contributed by atoms with van der Waals surface area (Å²) in [5.41, 5.74) is 0.697. The fourth-order valence-electron chi connectivity index (χ4n) is 1.57. The summed E-state index contributed by atoms with van der Waals surface area (Å²) >= 11 is 0. The number of carbonyl (C=O) groups excluding carboxylic acids is 1. The van der Waals surface area contributed by atoms with E-state index in [1.165, 1.54) is 12.1 Å². The van der Waals surface area contributed by atoms with Gasteiger partial charge >= 0.3 is 0 Å². The van der Waals surface area contributed by atoms with Gasteiger partial charge in [0.1, 0.15) is 0 Å². The fraction of sp³-hybridized carbons (Fsp3) is 0.364. The topological polar surface area (TPSA) is 92.5 Å².